The van der Waals surface area contributed by atoms with Gasteiger partial charge < -0.3 is 4.79 Å². The zero-order chi connectivity index (χ0) is 9.68. The molecule has 4 nitrogen and oxygen atoms in total. The van der Waals surface area contributed by atoms with Crippen molar-refractivity contribution in [2.45, 2.75) is 33.2 Å². The molecule has 1 unspecified atom stereocenters. The quantitative estimate of drug-likeness (QED) is 0.638. The van der Waals surface area contributed by atoms with E-state index in [-0.39, 0.29) is 5.92 Å². The molecule has 1 rings (SSSR count). The number of aryl methyl sites for hydroxylation is 2. The number of hydrogen-bond donors (Lipinski definition) is 0. The fraction of sp³-hybridized carbons (Fsp3) is 0.667. The van der Waals surface area contributed by atoms with E-state index < -0.39 is 0 Å². The van der Waals surface area contributed by atoms with Gasteiger partial charge in [-0.1, -0.05) is 6.92 Å². The minimum Gasteiger partial charge on any atom is -0.303 e. The molecule has 0 aliphatic heterocycles. The number of nitrogens with zero attached hydrogens (tertiary/aromatic N) is 3. The summed E-state index contributed by atoms with van der Waals surface area (Å²) < 4.78 is 1.86. The summed E-state index contributed by atoms with van der Waals surface area (Å²) >= 11 is 0. The van der Waals surface area contributed by atoms with Gasteiger partial charge in [0.15, 0.2) is 0 Å². The van der Waals surface area contributed by atoms with Gasteiger partial charge in [-0.05, 0) is 13.3 Å². The van der Waals surface area contributed by atoms with Crippen molar-refractivity contribution in [3.8, 4) is 0 Å². The summed E-state index contributed by atoms with van der Waals surface area (Å²) in [4.78, 5) is 14.5. The van der Waals surface area contributed by atoms with Crippen LogP contribution in [0, 0.1) is 5.92 Å². The van der Waals surface area contributed by atoms with E-state index in [2.05, 4.69) is 10.1 Å². The van der Waals surface area contributed by atoms with Gasteiger partial charge >= 0.3 is 0 Å². The van der Waals surface area contributed by atoms with E-state index in [1.807, 2.05) is 18.5 Å². The molecule has 1 aromatic heterocycles. The third-order valence-corrected chi connectivity index (χ3v) is 2.05. The number of hydrogen-bond acceptors (Lipinski definition) is 3. The van der Waals surface area contributed by atoms with Crippen molar-refractivity contribution in [1.29, 1.82) is 0 Å². The molecule has 0 bridgehead atoms. The second-order valence-electron chi connectivity index (χ2n) is 3.14. The highest BCUT2D eigenvalue weighted by molar-refractivity contribution is 5.52. The van der Waals surface area contributed by atoms with Crippen LogP contribution < -0.4 is 0 Å². The van der Waals surface area contributed by atoms with E-state index in [0.29, 0.717) is 0 Å². The first kappa shape index (κ1) is 9.89. The molecule has 0 N–H and O–H groups in total. The summed E-state index contributed by atoms with van der Waals surface area (Å²) in [5, 5.41) is 4.06. The molecule has 0 aromatic carbocycles. The van der Waals surface area contributed by atoms with Crippen molar-refractivity contribution in [2.24, 2.45) is 5.92 Å². The Kier molecular flexibility index (Phi) is 3.61. The molecule has 0 amide bonds. The molecule has 0 aliphatic rings. The van der Waals surface area contributed by atoms with Crippen molar-refractivity contribution >= 4 is 6.29 Å². The van der Waals surface area contributed by atoms with Crippen molar-refractivity contribution in [1.82, 2.24) is 14.8 Å². The Morgan fingerprint density at radius 3 is 3.08 bits per heavy atom. The van der Waals surface area contributed by atoms with E-state index in [1.54, 1.807) is 6.33 Å². The number of rotatable bonds is 5. The fourth-order valence-corrected chi connectivity index (χ4v) is 1.17. The normalized spacial score (nSPS) is 12.8. The van der Waals surface area contributed by atoms with Crippen molar-refractivity contribution in [2.75, 3.05) is 0 Å². The summed E-state index contributed by atoms with van der Waals surface area (Å²) in [6.45, 7) is 4.78. The zero-order valence-corrected chi connectivity index (χ0v) is 8.10. The van der Waals surface area contributed by atoms with Crippen LogP contribution in [0.15, 0.2) is 6.33 Å². The predicted molar refractivity (Wildman–Crippen MR) is 49.2 cm³/mol. The van der Waals surface area contributed by atoms with Gasteiger partial charge in [0.05, 0.1) is 0 Å². The standard InChI is InChI=1S/C9H15N3O/c1-3-12-9(10-7-11-12)5-4-8(2)6-13/h6-8H,3-5H2,1-2H3. The lowest BCUT2D eigenvalue weighted by molar-refractivity contribution is -0.110. The van der Waals surface area contributed by atoms with E-state index in [4.69, 9.17) is 0 Å². The molecule has 0 radical (unpaired) electrons. The topological polar surface area (TPSA) is 47.8 Å². The Balaban J connectivity index is 2.48. The average molecular weight is 181 g/mol. The minimum absolute atomic E-state index is 0.113. The molecule has 1 heterocycles. The van der Waals surface area contributed by atoms with Crippen LogP contribution in [0.4, 0.5) is 0 Å². The molecule has 0 saturated carbocycles. The van der Waals surface area contributed by atoms with Crippen LogP contribution in [0.25, 0.3) is 0 Å². The maximum atomic E-state index is 10.4. The molecule has 4 heteroatoms. The maximum Gasteiger partial charge on any atom is 0.138 e. The van der Waals surface area contributed by atoms with Crippen molar-refractivity contribution < 1.29 is 4.79 Å². The second-order valence-corrected chi connectivity index (χ2v) is 3.14. The number of aromatic nitrogens is 3. The third-order valence-electron chi connectivity index (χ3n) is 2.05. The van der Waals surface area contributed by atoms with Crippen molar-refractivity contribution in [3.05, 3.63) is 12.2 Å². The SMILES string of the molecule is CCn1ncnc1CCC(C)C=O. The molecule has 1 atom stereocenters. The van der Waals surface area contributed by atoms with Crippen LogP contribution in [0.3, 0.4) is 0 Å². The van der Waals surface area contributed by atoms with Gasteiger partial charge in [0.1, 0.15) is 18.4 Å². The molecule has 0 fully saturated rings. The van der Waals surface area contributed by atoms with Gasteiger partial charge in [0.25, 0.3) is 0 Å². The smallest absolute Gasteiger partial charge is 0.138 e. The van der Waals surface area contributed by atoms with Crippen LogP contribution in [0.1, 0.15) is 26.1 Å². The minimum atomic E-state index is 0.113. The van der Waals surface area contributed by atoms with Crippen LogP contribution in [-0.2, 0) is 17.8 Å². The number of aldehydes is 1. The first-order valence-corrected chi connectivity index (χ1v) is 4.60. The van der Waals surface area contributed by atoms with E-state index in [1.165, 1.54) is 0 Å². The Labute approximate surface area is 78.0 Å². The molecule has 13 heavy (non-hydrogen) atoms. The van der Waals surface area contributed by atoms with Gasteiger partial charge in [0.2, 0.25) is 0 Å². The maximum absolute atomic E-state index is 10.4. The monoisotopic (exact) mass is 181 g/mol. The molecule has 72 valence electrons. The zero-order valence-electron chi connectivity index (χ0n) is 8.10. The van der Waals surface area contributed by atoms with Gasteiger partial charge in [-0.25, -0.2) is 4.98 Å². The lowest BCUT2D eigenvalue weighted by Crippen LogP contribution is -2.06. The highest BCUT2D eigenvalue weighted by atomic mass is 16.1. The van der Waals surface area contributed by atoms with Crippen LogP contribution in [0.5, 0.6) is 0 Å². The Morgan fingerprint density at radius 2 is 2.46 bits per heavy atom. The highest BCUT2D eigenvalue weighted by Gasteiger charge is 2.05. The first-order chi connectivity index (χ1) is 6.27. The lowest BCUT2D eigenvalue weighted by Gasteiger charge is -2.03. The summed E-state index contributed by atoms with van der Waals surface area (Å²) in [7, 11) is 0. The molecule has 1 aromatic rings. The van der Waals surface area contributed by atoms with Crippen LogP contribution in [0.2, 0.25) is 0 Å². The molecular formula is C9H15N3O. The van der Waals surface area contributed by atoms with Gasteiger partial charge in [-0.15, -0.1) is 0 Å². The summed E-state index contributed by atoms with van der Waals surface area (Å²) in [6, 6.07) is 0. The van der Waals surface area contributed by atoms with E-state index in [9.17, 15) is 4.79 Å². The summed E-state index contributed by atoms with van der Waals surface area (Å²) in [6.07, 6.45) is 4.22. The van der Waals surface area contributed by atoms with Gasteiger partial charge in [-0.2, -0.15) is 5.10 Å². The third kappa shape index (κ3) is 2.65. The van der Waals surface area contributed by atoms with Gasteiger partial charge in [-0.3, -0.25) is 4.68 Å². The molecular weight excluding hydrogens is 166 g/mol. The van der Waals surface area contributed by atoms with E-state index in [0.717, 1.165) is 31.5 Å². The fourth-order valence-electron chi connectivity index (χ4n) is 1.17. The second kappa shape index (κ2) is 4.74. The predicted octanol–water partition coefficient (Wildman–Crippen LogP) is 1.07. The summed E-state index contributed by atoms with van der Waals surface area (Å²) in [5.74, 6) is 1.08. The number of carbonyl (C=O) groups is 1. The molecule has 0 aliphatic carbocycles. The molecule has 0 spiro atoms. The van der Waals surface area contributed by atoms with Gasteiger partial charge in [0, 0.05) is 18.9 Å². The average Bonchev–Trinajstić information content (AvgIpc) is 2.61. The Bertz CT molecular complexity index is 270. The molecule has 0 saturated heterocycles. The first-order valence-electron chi connectivity index (χ1n) is 4.60. The Hall–Kier alpha value is -1.19. The van der Waals surface area contributed by atoms with Crippen LogP contribution >= 0.6 is 0 Å². The largest absolute Gasteiger partial charge is 0.303 e. The summed E-state index contributed by atoms with van der Waals surface area (Å²) in [5.41, 5.74) is 0. The highest BCUT2D eigenvalue weighted by Crippen LogP contribution is 2.04. The van der Waals surface area contributed by atoms with Crippen molar-refractivity contribution in [3.63, 3.8) is 0 Å². The van der Waals surface area contributed by atoms with E-state index >= 15 is 0 Å². The Morgan fingerprint density at radius 1 is 1.69 bits per heavy atom. The lowest BCUT2D eigenvalue weighted by atomic mass is 10.1. The number of carbonyl (C=O) groups excluding carboxylic acids is 1. The van der Waals surface area contributed by atoms with Crippen LogP contribution in [-0.4, -0.2) is 21.1 Å².